The lowest BCUT2D eigenvalue weighted by Crippen LogP contribution is -2.38. The SMILES string of the molecule is CS(=O)(=O)CS(=O)(=O)N1CCCN(CCCN)CC1. The van der Waals surface area contributed by atoms with Crippen LogP contribution in [-0.4, -0.2) is 76.6 Å². The summed E-state index contributed by atoms with van der Waals surface area (Å²) >= 11 is 0. The van der Waals surface area contributed by atoms with E-state index in [2.05, 4.69) is 4.90 Å². The molecule has 0 aromatic carbocycles. The minimum atomic E-state index is -3.71. The fourth-order valence-corrected chi connectivity index (χ4v) is 5.64. The van der Waals surface area contributed by atoms with Gasteiger partial charge in [-0.1, -0.05) is 0 Å². The lowest BCUT2D eigenvalue weighted by Gasteiger charge is -2.21. The Morgan fingerprint density at radius 3 is 2.32 bits per heavy atom. The van der Waals surface area contributed by atoms with Crippen molar-refractivity contribution in [1.82, 2.24) is 9.21 Å². The van der Waals surface area contributed by atoms with Crippen LogP contribution >= 0.6 is 0 Å². The standard InChI is InChI=1S/C10H23N3O4S2/c1-18(14,15)10-19(16,17)13-7-3-6-12(8-9-13)5-2-4-11/h2-11H2,1H3. The van der Waals surface area contributed by atoms with E-state index >= 15 is 0 Å². The quantitative estimate of drug-likeness (QED) is 0.652. The Hall–Kier alpha value is -0.220. The Balaban J connectivity index is 2.61. The topological polar surface area (TPSA) is 101 Å². The van der Waals surface area contributed by atoms with Gasteiger partial charge >= 0.3 is 0 Å². The zero-order chi connectivity index (χ0) is 14.5. The van der Waals surface area contributed by atoms with Gasteiger partial charge in [0.1, 0.15) is 0 Å². The number of sulfone groups is 1. The Morgan fingerprint density at radius 1 is 1.05 bits per heavy atom. The smallest absolute Gasteiger partial charge is 0.228 e. The van der Waals surface area contributed by atoms with Gasteiger partial charge in [0.25, 0.3) is 0 Å². The summed E-state index contributed by atoms with van der Waals surface area (Å²) in [5.41, 5.74) is 5.45. The molecule has 1 aliphatic heterocycles. The summed E-state index contributed by atoms with van der Waals surface area (Å²) in [6.07, 6.45) is 2.54. The minimum Gasteiger partial charge on any atom is -0.330 e. The first-order chi connectivity index (χ1) is 8.74. The van der Waals surface area contributed by atoms with Gasteiger partial charge in [-0.25, -0.2) is 16.8 Å². The van der Waals surface area contributed by atoms with Crippen molar-refractivity contribution in [1.29, 1.82) is 0 Å². The van der Waals surface area contributed by atoms with Gasteiger partial charge in [-0.3, -0.25) is 0 Å². The zero-order valence-electron chi connectivity index (χ0n) is 11.3. The summed E-state index contributed by atoms with van der Waals surface area (Å²) in [4.78, 5) is 2.17. The summed E-state index contributed by atoms with van der Waals surface area (Å²) in [7, 11) is -7.24. The summed E-state index contributed by atoms with van der Waals surface area (Å²) < 4.78 is 47.6. The molecule has 0 aromatic rings. The van der Waals surface area contributed by atoms with Gasteiger partial charge in [-0.15, -0.1) is 0 Å². The fraction of sp³-hybridized carbons (Fsp3) is 1.00. The van der Waals surface area contributed by atoms with Crippen LogP contribution in [0, 0.1) is 0 Å². The second kappa shape index (κ2) is 6.98. The summed E-state index contributed by atoms with van der Waals surface area (Å²) in [5.74, 6) is 0. The highest BCUT2D eigenvalue weighted by atomic mass is 32.3. The second-order valence-electron chi connectivity index (χ2n) is 4.89. The van der Waals surface area contributed by atoms with Gasteiger partial charge in [0, 0.05) is 25.9 Å². The number of sulfonamides is 1. The molecule has 9 heteroatoms. The number of nitrogens with two attached hydrogens (primary N) is 1. The van der Waals surface area contributed by atoms with Crippen LogP contribution in [0.3, 0.4) is 0 Å². The van der Waals surface area contributed by atoms with Gasteiger partial charge < -0.3 is 10.6 Å². The van der Waals surface area contributed by atoms with Crippen molar-refractivity contribution in [3.63, 3.8) is 0 Å². The first-order valence-electron chi connectivity index (χ1n) is 6.32. The van der Waals surface area contributed by atoms with Crippen LogP contribution in [0.15, 0.2) is 0 Å². The molecule has 0 radical (unpaired) electrons. The van der Waals surface area contributed by atoms with Gasteiger partial charge in [0.2, 0.25) is 10.0 Å². The third kappa shape index (κ3) is 6.17. The van der Waals surface area contributed by atoms with Gasteiger partial charge in [-0.2, -0.15) is 4.31 Å². The molecule has 0 saturated carbocycles. The van der Waals surface area contributed by atoms with Crippen LogP contribution < -0.4 is 5.73 Å². The molecule has 0 atom stereocenters. The van der Waals surface area contributed by atoms with Crippen molar-refractivity contribution in [2.45, 2.75) is 12.8 Å². The highest BCUT2D eigenvalue weighted by Gasteiger charge is 2.28. The van der Waals surface area contributed by atoms with Crippen molar-refractivity contribution < 1.29 is 16.8 Å². The fourth-order valence-electron chi connectivity index (χ4n) is 2.11. The highest BCUT2D eigenvalue weighted by molar-refractivity contribution is 8.06. The molecule has 0 spiro atoms. The van der Waals surface area contributed by atoms with Crippen molar-refractivity contribution >= 4 is 19.9 Å². The molecule has 0 aromatic heterocycles. The Labute approximate surface area is 115 Å². The first kappa shape index (κ1) is 16.8. The Bertz CT molecular complexity index is 475. The monoisotopic (exact) mass is 313 g/mol. The van der Waals surface area contributed by atoms with Gasteiger partial charge in [-0.05, 0) is 32.5 Å². The van der Waals surface area contributed by atoms with Crippen LogP contribution in [0.4, 0.5) is 0 Å². The maximum absolute atomic E-state index is 12.0. The van der Waals surface area contributed by atoms with Crippen LogP contribution in [0.1, 0.15) is 12.8 Å². The molecule has 1 aliphatic rings. The van der Waals surface area contributed by atoms with E-state index in [4.69, 9.17) is 5.73 Å². The lowest BCUT2D eigenvalue weighted by atomic mass is 10.3. The van der Waals surface area contributed by atoms with Crippen molar-refractivity contribution in [3.8, 4) is 0 Å². The first-order valence-corrected chi connectivity index (χ1v) is 9.99. The number of hydrogen-bond donors (Lipinski definition) is 1. The van der Waals surface area contributed by atoms with Crippen molar-refractivity contribution in [2.75, 3.05) is 50.6 Å². The Kier molecular flexibility index (Phi) is 6.18. The Morgan fingerprint density at radius 2 is 1.74 bits per heavy atom. The van der Waals surface area contributed by atoms with E-state index in [-0.39, 0.29) is 0 Å². The van der Waals surface area contributed by atoms with Gasteiger partial charge in [0.05, 0.1) is 0 Å². The molecule has 1 rings (SSSR count). The predicted octanol–water partition coefficient (Wildman–Crippen LogP) is -1.33. The average molecular weight is 313 g/mol. The van der Waals surface area contributed by atoms with Crippen molar-refractivity contribution in [2.24, 2.45) is 5.73 Å². The molecule has 0 unspecified atom stereocenters. The summed E-state index contributed by atoms with van der Waals surface area (Å²) in [5, 5.41) is -0.803. The molecular formula is C10H23N3O4S2. The van der Waals surface area contributed by atoms with Crippen LogP contribution in [0.2, 0.25) is 0 Å². The van der Waals surface area contributed by atoms with Crippen molar-refractivity contribution in [3.05, 3.63) is 0 Å². The number of hydrogen-bond acceptors (Lipinski definition) is 6. The molecule has 0 aliphatic carbocycles. The maximum atomic E-state index is 12.0. The maximum Gasteiger partial charge on any atom is 0.228 e. The normalized spacial score (nSPS) is 20.3. The van der Waals surface area contributed by atoms with E-state index in [1.54, 1.807) is 0 Å². The molecular weight excluding hydrogens is 290 g/mol. The molecule has 7 nitrogen and oxygen atoms in total. The van der Waals surface area contributed by atoms with Crippen LogP contribution in [0.25, 0.3) is 0 Å². The molecule has 2 N–H and O–H groups in total. The molecule has 19 heavy (non-hydrogen) atoms. The summed E-state index contributed by atoms with van der Waals surface area (Å²) in [6, 6.07) is 0. The number of nitrogens with zero attached hydrogens (tertiary/aromatic N) is 2. The van der Waals surface area contributed by atoms with E-state index < -0.39 is 24.9 Å². The third-order valence-electron chi connectivity index (χ3n) is 2.98. The van der Waals surface area contributed by atoms with E-state index in [1.807, 2.05) is 0 Å². The molecule has 0 amide bonds. The largest absolute Gasteiger partial charge is 0.330 e. The van der Waals surface area contributed by atoms with E-state index in [0.717, 1.165) is 25.8 Å². The van der Waals surface area contributed by atoms with Gasteiger partial charge in [0.15, 0.2) is 14.9 Å². The minimum absolute atomic E-state index is 0.350. The zero-order valence-corrected chi connectivity index (χ0v) is 12.9. The molecule has 0 bridgehead atoms. The molecule has 114 valence electrons. The lowest BCUT2D eigenvalue weighted by molar-refractivity contribution is 0.285. The summed E-state index contributed by atoms with van der Waals surface area (Å²) in [6.45, 7) is 3.66. The molecule has 1 saturated heterocycles. The average Bonchev–Trinajstić information content (AvgIpc) is 2.48. The predicted molar refractivity (Wildman–Crippen MR) is 74.9 cm³/mol. The van der Waals surface area contributed by atoms with E-state index in [9.17, 15) is 16.8 Å². The van der Waals surface area contributed by atoms with E-state index in [1.165, 1.54) is 4.31 Å². The third-order valence-corrected chi connectivity index (χ3v) is 7.04. The highest BCUT2D eigenvalue weighted by Crippen LogP contribution is 2.10. The van der Waals surface area contributed by atoms with Crippen LogP contribution in [-0.2, 0) is 19.9 Å². The van der Waals surface area contributed by atoms with E-state index in [0.29, 0.717) is 32.6 Å². The second-order valence-corrected chi connectivity index (χ2v) is 9.37. The van der Waals surface area contributed by atoms with Crippen LogP contribution in [0.5, 0.6) is 0 Å². The molecule has 1 fully saturated rings. The number of rotatable bonds is 6. The molecule has 1 heterocycles.